The SMILES string of the molecule is CCCN1CCCN(C(=O)NCC2(C3CC3)CC2)CC1=O. The minimum atomic E-state index is -0.0476. The van der Waals surface area contributed by atoms with Gasteiger partial charge in [-0.3, -0.25) is 4.79 Å². The summed E-state index contributed by atoms with van der Waals surface area (Å²) in [7, 11) is 0. The lowest BCUT2D eigenvalue weighted by molar-refractivity contribution is -0.130. The van der Waals surface area contributed by atoms with Crippen molar-refractivity contribution in [3.63, 3.8) is 0 Å². The van der Waals surface area contributed by atoms with Crippen molar-refractivity contribution in [3.05, 3.63) is 0 Å². The highest BCUT2D eigenvalue weighted by molar-refractivity contribution is 5.84. The molecule has 1 N–H and O–H groups in total. The van der Waals surface area contributed by atoms with Gasteiger partial charge in [-0.1, -0.05) is 6.92 Å². The normalized spacial score (nSPS) is 24.7. The average Bonchev–Trinajstić information content (AvgIpc) is 3.32. The summed E-state index contributed by atoms with van der Waals surface area (Å²) in [5.74, 6) is 0.941. The molecule has 1 saturated heterocycles. The van der Waals surface area contributed by atoms with Crippen LogP contribution in [0.25, 0.3) is 0 Å². The van der Waals surface area contributed by atoms with Gasteiger partial charge in [0.1, 0.15) is 6.54 Å². The molecule has 21 heavy (non-hydrogen) atoms. The lowest BCUT2D eigenvalue weighted by Gasteiger charge is -2.23. The topological polar surface area (TPSA) is 52.6 Å². The fourth-order valence-corrected chi connectivity index (χ4v) is 3.55. The molecule has 0 aromatic carbocycles. The van der Waals surface area contributed by atoms with Gasteiger partial charge < -0.3 is 15.1 Å². The Balaban J connectivity index is 1.49. The number of amides is 3. The Kier molecular flexibility index (Phi) is 4.09. The van der Waals surface area contributed by atoms with E-state index >= 15 is 0 Å². The second-order valence-corrected chi connectivity index (χ2v) is 6.95. The molecule has 3 amide bonds. The first-order valence-electron chi connectivity index (χ1n) is 8.45. The predicted octanol–water partition coefficient (Wildman–Crippen LogP) is 1.83. The van der Waals surface area contributed by atoms with Crippen LogP contribution < -0.4 is 5.32 Å². The fourth-order valence-electron chi connectivity index (χ4n) is 3.55. The first-order valence-corrected chi connectivity index (χ1v) is 8.45. The molecule has 0 aromatic rings. The van der Waals surface area contributed by atoms with E-state index in [9.17, 15) is 9.59 Å². The van der Waals surface area contributed by atoms with Crippen LogP contribution in [0.1, 0.15) is 45.4 Å². The molecule has 3 rings (SSSR count). The van der Waals surface area contributed by atoms with Gasteiger partial charge in [0.25, 0.3) is 0 Å². The molecule has 5 nitrogen and oxygen atoms in total. The summed E-state index contributed by atoms with van der Waals surface area (Å²) in [6.45, 7) is 5.40. The summed E-state index contributed by atoms with van der Waals surface area (Å²) < 4.78 is 0. The van der Waals surface area contributed by atoms with Crippen LogP contribution >= 0.6 is 0 Å². The summed E-state index contributed by atoms with van der Waals surface area (Å²) in [5.41, 5.74) is 0.416. The smallest absolute Gasteiger partial charge is 0.317 e. The molecule has 2 saturated carbocycles. The van der Waals surface area contributed by atoms with E-state index < -0.39 is 0 Å². The number of hydrogen-bond acceptors (Lipinski definition) is 2. The van der Waals surface area contributed by atoms with E-state index in [1.807, 2.05) is 4.90 Å². The van der Waals surface area contributed by atoms with Crippen LogP contribution in [0.5, 0.6) is 0 Å². The van der Waals surface area contributed by atoms with E-state index in [1.54, 1.807) is 4.90 Å². The number of carbonyl (C=O) groups excluding carboxylic acids is 2. The monoisotopic (exact) mass is 293 g/mol. The zero-order chi connectivity index (χ0) is 14.9. The van der Waals surface area contributed by atoms with Crippen molar-refractivity contribution in [1.82, 2.24) is 15.1 Å². The summed E-state index contributed by atoms with van der Waals surface area (Å²) in [5, 5.41) is 3.09. The largest absolute Gasteiger partial charge is 0.341 e. The Bertz CT molecular complexity index is 416. The standard InChI is InChI=1S/C16H27N3O2/c1-2-8-18-9-3-10-19(11-14(18)20)15(21)17-12-16(6-7-16)13-4-5-13/h13H,2-12H2,1H3,(H,17,21). The summed E-state index contributed by atoms with van der Waals surface area (Å²) in [6, 6.07) is -0.0476. The van der Waals surface area contributed by atoms with Crippen molar-refractivity contribution in [2.45, 2.75) is 45.4 Å². The van der Waals surface area contributed by atoms with Crippen molar-refractivity contribution in [2.75, 3.05) is 32.7 Å². The first kappa shape index (κ1) is 14.7. The second-order valence-electron chi connectivity index (χ2n) is 6.95. The highest BCUT2D eigenvalue weighted by atomic mass is 16.2. The number of rotatable bonds is 5. The minimum Gasteiger partial charge on any atom is -0.341 e. The molecular weight excluding hydrogens is 266 g/mol. The molecule has 1 heterocycles. The highest BCUT2D eigenvalue weighted by Crippen LogP contribution is 2.60. The Morgan fingerprint density at radius 3 is 2.71 bits per heavy atom. The average molecular weight is 293 g/mol. The molecule has 0 atom stereocenters. The molecule has 0 unspecified atom stereocenters. The molecule has 2 aliphatic carbocycles. The van der Waals surface area contributed by atoms with Gasteiger partial charge in [0.15, 0.2) is 0 Å². The Morgan fingerprint density at radius 2 is 2.10 bits per heavy atom. The summed E-state index contributed by atoms with van der Waals surface area (Å²) in [6.07, 6.45) is 7.06. The van der Waals surface area contributed by atoms with Crippen molar-refractivity contribution in [3.8, 4) is 0 Å². The van der Waals surface area contributed by atoms with E-state index in [-0.39, 0.29) is 18.5 Å². The molecule has 1 aliphatic heterocycles. The molecule has 3 aliphatic rings. The number of carbonyl (C=O) groups is 2. The van der Waals surface area contributed by atoms with E-state index in [0.29, 0.717) is 12.0 Å². The quantitative estimate of drug-likeness (QED) is 0.841. The van der Waals surface area contributed by atoms with Crippen LogP contribution in [0, 0.1) is 11.3 Å². The van der Waals surface area contributed by atoms with Crippen LogP contribution in [0.15, 0.2) is 0 Å². The third kappa shape index (κ3) is 3.33. The molecular formula is C16H27N3O2. The summed E-state index contributed by atoms with van der Waals surface area (Å²) >= 11 is 0. The van der Waals surface area contributed by atoms with Gasteiger partial charge in [0.05, 0.1) is 0 Å². The van der Waals surface area contributed by atoms with Gasteiger partial charge >= 0.3 is 6.03 Å². The van der Waals surface area contributed by atoms with Crippen molar-refractivity contribution in [1.29, 1.82) is 0 Å². The summed E-state index contributed by atoms with van der Waals surface area (Å²) in [4.78, 5) is 28.1. The van der Waals surface area contributed by atoms with Gasteiger partial charge in [-0.25, -0.2) is 4.79 Å². The first-order chi connectivity index (χ1) is 10.1. The second kappa shape index (κ2) is 5.85. The van der Waals surface area contributed by atoms with Crippen LogP contribution in [-0.4, -0.2) is 54.5 Å². The molecule has 118 valence electrons. The number of urea groups is 1. The maximum absolute atomic E-state index is 12.3. The van der Waals surface area contributed by atoms with E-state index in [0.717, 1.165) is 38.4 Å². The highest BCUT2D eigenvalue weighted by Gasteiger charge is 2.53. The van der Waals surface area contributed by atoms with Crippen molar-refractivity contribution < 1.29 is 9.59 Å². The number of hydrogen-bond donors (Lipinski definition) is 1. The van der Waals surface area contributed by atoms with Crippen LogP contribution in [0.2, 0.25) is 0 Å². The third-order valence-corrected chi connectivity index (χ3v) is 5.24. The minimum absolute atomic E-state index is 0.0476. The predicted molar refractivity (Wildman–Crippen MR) is 80.9 cm³/mol. The Labute approximate surface area is 127 Å². The Hall–Kier alpha value is -1.26. The molecule has 5 heteroatoms. The Morgan fingerprint density at radius 1 is 1.33 bits per heavy atom. The molecule has 0 spiro atoms. The van der Waals surface area contributed by atoms with Crippen molar-refractivity contribution in [2.24, 2.45) is 11.3 Å². The lowest BCUT2D eigenvalue weighted by atomic mass is 10.0. The molecule has 0 aromatic heterocycles. The maximum atomic E-state index is 12.3. The van der Waals surface area contributed by atoms with Crippen LogP contribution in [-0.2, 0) is 4.79 Å². The lowest BCUT2D eigenvalue weighted by Crippen LogP contribution is -2.45. The molecule has 0 bridgehead atoms. The van der Waals surface area contributed by atoms with Crippen LogP contribution in [0.3, 0.4) is 0 Å². The fraction of sp³-hybridized carbons (Fsp3) is 0.875. The molecule has 0 radical (unpaired) electrons. The third-order valence-electron chi connectivity index (χ3n) is 5.24. The number of nitrogens with one attached hydrogen (secondary N) is 1. The van der Waals surface area contributed by atoms with E-state index in [2.05, 4.69) is 12.2 Å². The van der Waals surface area contributed by atoms with Gasteiger partial charge in [-0.05, 0) is 49.9 Å². The van der Waals surface area contributed by atoms with Gasteiger partial charge in [-0.2, -0.15) is 0 Å². The van der Waals surface area contributed by atoms with E-state index in [1.165, 1.54) is 25.7 Å². The van der Waals surface area contributed by atoms with Crippen LogP contribution in [0.4, 0.5) is 4.79 Å². The maximum Gasteiger partial charge on any atom is 0.317 e. The van der Waals surface area contributed by atoms with Gasteiger partial charge in [0, 0.05) is 26.2 Å². The van der Waals surface area contributed by atoms with Gasteiger partial charge in [-0.15, -0.1) is 0 Å². The number of nitrogens with zero attached hydrogens (tertiary/aromatic N) is 2. The zero-order valence-electron chi connectivity index (χ0n) is 13.1. The zero-order valence-corrected chi connectivity index (χ0v) is 13.1. The molecule has 3 fully saturated rings. The van der Waals surface area contributed by atoms with E-state index in [4.69, 9.17) is 0 Å². The van der Waals surface area contributed by atoms with Gasteiger partial charge in [0.2, 0.25) is 5.91 Å². The van der Waals surface area contributed by atoms with Crippen molar-refractivity contribution >= 4 is 11.9 Å².